The molecule has 1 saturated heterocycles. The molecule has 1 N–H and O–H groups in total. The molecule has 10 heteroatoms. The molecule has 188 valence electrons. The molecule has 0 unspecified atom stereocenters. The molecule has 0 saturated carbocycles. The fraction of sp³-hybridized carbons (Fsp3) is 0.333. The molecule has 1 fully saturated rings. The second-order valence-corrected chi connectivity index (χ2v) is 9.45. The van der Waals surface area contributed by atoms with Crippen LogP contribution in [0, 0.1) is 17.1 Å². The highest BCUT2D eigenvalue weighted by molar-refractivity contribution is 5.62. The Morgan fingerprint density at radius 1 is 1.08 bits per heavy atom. The number of nitrogens with one attached hydrogen (secondary N) is 1. The van der Waals surface area contributed by atoms with Crippen LogP contribution in [0.1, 0.15) is 37.9 Å². The Labute approximate surface area is 213 Å². The normalized spacial score (nSPS) is 14.4. The van der Waals surface area contributed by atoms with Gasteiger partial charge in [0.25, 0.3) is 11.8 Å². The maximum atomic E-state index is 14.9. The van der Waals surface area contributed by atoms with Gasteiger partial charge in [0.05, 0.1) is 40.8 Å². The maximum absolute atomic E-state index is 14.9. The first kappa shape index (κ1) is 24.6. The van der Waals surface area contributed by atoms with Crippen LogP contribution in [0.4, 0.5) is 4.39 Å². The zero-order chi connectivity index (χ0) is 25.8. The first-order valence-electron chi connectivity index (χ1n) is 12.1. The molecule has 1 aliphatic heterocycles. The fourth-order valence-electron chi connectivity index (χ4n) is 4.04. The molecule has 0 atom stereocenters. The van der Waals surface area contributed by atoms with Crippen LogP contribution in [-0.2, 0) is 16.7 Å². The van der Waals surface area contributed by atoms with E-state index in [0.29, 0.717) is 29.7 Å². The molecule has 1 aliphatic rings. The summed E-state index contributed by atoms with van der Waals surface area (Å²) >= 11 is 0. The summed E-state index contributed by atoms with van der Waals surface area (Å²) in [5, 5.41) is 21.0. The summed E-state index contributed by atoms with van der Waals surface area (Å²) in [7, 11) is 0. The standard InChI is InChI=1S/C27H26FN7O2/c1-27(2,16-29)24-12-18(5-8-31-24)22-14-30-15-23(33-22)26-35-34-25(37-26)20-4-3-17(11-21(20)28)13-32-19-6-9-36-10-7-19/h3-5,8,11-12,14-15,19,32H,6-7,9-10,13H2,1-2H3. The van der Waals surface area contributed by atoms with Gasteiger partial charge in [0.1, 0.15) is 11.5 Å². The Hall–Kier alpha value is -4.07. The third-order valence-corrected chi connectivity index (χ3v) is 6.33. The number of rotatable bonds is 7. The lowest BCUT2D eigenvalue weighted by Crippen LogP contribution is -2.34. The van der Waals surface area contributed by atoms with E-state index in [1.807, 2.05) is 12.1 Å². The Kier molecular flexibility index (Phi) is 6.99. The van der Waals surface area contributed by atoms with Crippen molar-refractivity contribution in [1.29, 1.82) is 5.26 Å². The minimum Gasteiger partial charge on any atom is -0.414 e. The molecule has 9 nitrogen and oxygen atoms in total. The fourth-order valence-corrected chi connectivity index (χ4v) is 4.04. The molecule has 5 rings (SSSR count). The number of ether oxygens (including phenoxy) is 1. The van der Waals surface area contributed by atoms with Crippen molar-refractivity contribution in [3.05, 3.63) is 66.0 Å². The van der Waals surface area contributed by atoms with Gasteiger partial charge in [0.15, 0.2) is 0 Å². The first-order chi connectivity index (χ1) is 17.9. The third-order valence-electron chi connectivity index (χ3n) is 6.33. The number of nitrogens with zero attached hydrogens (tertiary/aromatic N) is 6. The Balaban J connectivity index is 1.34. The average Bonchev–Trinajstić information content (AvgIpc) is 3.43. The number of halogens is 1. The Bertz CT molecular complexity index is 1440. The molecule has 0 bridgehead atoms. The number of benzene rings is 1. The Morgan fingerprint density at radius 2 is 1.86 bits per heavy atom. The molecule has 1 aromatic carbocycles. The summed E-state index contributed by atoms with van der Waals surface area (Å²) in [6.45, 7) is 5.67. The minimum atomic E-state index is -0.747. The van der Waals surface area contributed by atoms with Crippen LogP contribution in [0.2, 0.25) is 0 Å². The smallest absolute Gasteiger partial charge is 0.268 e. The van der Waals surface area contributed by atoms with E-state index >= 15 is 0 Å². The number of nitriles is 1. The lowest BCUT2D eigenvalue weighted by atomic mass is 9.90. The van der Waals surface area contributed by atoms with Crippen LogP contribution >= 0.6 is 0 Å². The van der Waals surface area contributed by atoms with Crippen molar-refractivity contribution in [3.63, 3.8) is 0 Å². The highest BCUT2D eigenvalue weighted by atomic mass is 19.1. The van der Waals surface area contributed by atoms with Gasteiger partial charge in [-0.05, 0) is 56.5 Å². The topological polar surface area (TPSA) is 123 Å². The molecule has 0 amide bonds. The van der Waals surface area contributed by atoms with E-state index in [9.17, 15) is 9.65 Å². The van der Waals surface area contributed by atoms with E-state index in [-0.39, 0.29) is 17.3 Å². The summed E-state index contributed by atoms with van der Waals surface area (Å²) in [6.07, 6.45) is 6.65. The second-order valence-electron chi connectivity index (χ2n) is 9.45. The lowest BCUT2D eigenvalue weighted by molar-refractivity contribution is 0.0776. The highest BCUT2D eigenvalue weighted by Crippen LogP contribution is 2.28. The van der Waals surface area contributed by atoms with Gasteiger partial charge in [0.2, 0.25) is 0 Å². The van der Waals surface area contributed by atoms with Crippen LogP contribution < -0.4 is 5.32 Å². The summed E-state index contributed by atoms with van der Waals surface area (Å²) in [5.41, 5.74) is 2.59. The van der Waals surface area contributed by atoms with Gasteiger partial charge >= 0.3 is 0 Å². The molecule has 0 radical (unpaired) electrons. The first-order valence-corrected chi connectivity index (χ1v) is 12.1. The van der Waals surface area contributed by atoms with Crippen LogP contribution in [0.25, 0.3) is 34.3 Å². The van der Waals surface area contributed by atoms with E-state index in [4.69, 9.17) is 9.15 Å². The van der Waals surface area contributed by atoms with Crippen LogP contribution in [-0.4, -0.2) is 44.4 Å². The van der Waals surface area contributed by atoms with Crippen molar-refractivity contribution in [2.75, 3.05) is 13.2 Å². The predicted molar refractivity (Wildman–Crippen MR) is 133 cm³/mol. The number of aromatic nitrogens is 5. The predicted octanol–water partition coefficient (Wildman–Crippen LogP) is 4.46. The van der Waals surface area contributed by atoms with Crippen molar-refractivity contribution in [3.8, 4) is 40.4 Å². The summed E-state index contributed by atoms with van der Waals surface area (Å²) in [6, 6.07) is 11.2. The summed E-state index contributed by atoms with van der Waals surface area (Å²) in [4.78, 5) is 13.2. The van der Waals surface area contributed by atoms with Crippen molar-refractivity contribution < 1.29 is 13.5 Å². The molecule has 3 aromatic heterocycles. The van der Waals surface area contributed by atoms with E-state index in [0.717, 1.165) is 37.2 Å². The van der Waals surface area contributed by atoms with Crippen molar-refractivity contribution in [1.82, 2.24) is 30.5 Å². The zero-order valence-corrected chi connectivity index (χ0v) is 20.6. The highest BCUT2D eigenvalue weighted by Gasteiger charge is 2.22. The van der Waals surface area contributed by atoms with E-state index in [2.05, 4.69) is 36.5 Å². The van der Waals surface area contributed by atoms with Crippen molar-refractivity contribution in [2.45, 2.75) is 44.7 Å². The zero-order valence-electron chi connectivity index (χ0n) is 20.6. The molecular weight excluding hydrogens is 473 g/mol. The van der Waals surface area contributed by atoms with Gasteiger partial charge < -0.3 is 14.5 Å². The molecule has 4 aromatic rings. The summed E-state index contributed by atoms with van der Waals surface area (Å²) in [5.74, 6) is -0.253. The maximum Gasteiger partial charge on any atom is 0.268 e. The van der Waals surface area contributed by atoms with Crippen LogP contribution in [0.5, 0.6) is 0 Å². The number of hydrogen-bond acceptors (Lipinski definition) is 9. The average molecular weight is 500 g/mol. The second kappa shape index (κ2) is 10.5. The molecule has 0 aliphatic carbocycles. The van der Waals surface area contributed by atoms with Gasteiger partial charge in [-0.3, -0.25) is 9.97 Å². The van der Waals surface area contributed by atoms with Gasteiger partial charge in [-0.2, -0.15) is 5.26 Å². The third kappa shape index (κ3) is 5.53. The SMILES string of the molecule is CC(C)(C#N)c1cc(-c2cncc(-c3nnc(-c4ccc(CNC5CCOCC5)cc4F)o3)n2)ccn1. The monoisotopic (exact) mass is 499 g/mol. The number of pyridine rings is 1. The van der Waals surface area contributed by atoms with Gasteiger partial charge in [0, 0.05) is 37.6 Å². The van der Waals surface area contributed by atoms with Gasteiger partial charge in [-0.15, -0.1) is 10.2 Å². The van der Waals surface area contributed by atoms with Gasteiger partial charge in [-0.1, -0.05) is 6.07 Å². The van der Waals surface area contributed by atoms with E-state index in [1.54, 1.807) is 38.4 Å². The number of hydrogen-bond donors (Lipinski definition) is 1. The van der Waals surface area contributed by atoms with Crippen molar-refractivity contribution in [2.24, 2.45) is 0 Å². The molecule has 4 heterocycles. The van der Waals surface area contributed by atoms with Gasteiger partial charge in [-0.25, -0.2) is 9.37 Å². The van der Waals surface area contributed by atoms with Crippen molar-refractivity contribution >= 4 is 0 Å². The van der Waals surface area contributed by atoms with Crippen LogP contribution in [0.15, 0.2) is 53.3 Å². The van der Waals surface area contributed by atoms with Crippen LogP contribution in [0.3, 0.4) is 0 Å². The quantitative estimate of drug-likeness (QED) is 0.392. The lowest BCUT2D eigenvalue weighted by Gasteiger charge is -2.23. The molecular formula is C27H26FN7O2. The molecule has 0 spiro atoms. The van der Waals surface area contributed by atoms with E-state index in [1.165, 1.54) is 12.3 Å². The van der Waals surface area contributed by atoms with E-state index < -0.39 is 11.2 Å². The largest absolute Gasteiger partial charge is 0.414 e. The summed E-state index contributed by atoms with van der Waals surface area (Å²) < 4.78 is 26.1. The Morgan fingerprint density at radius 3 is 2.65 bits per heavy atom. The molecule has 37 heavy (non-hydrogen) atoms. The minimum absolute atomic E-state index is 0.0607.